The maximum absolute atomic E-state index is 11.7. The summed E-state index contributed by atoms with van der Waals surface area (Å²) in [4.78, 5) is 0.0618. The molecule has 4 N–H and O–H groups in total. The van der Waals surface area contributed by atoms with Crippen molar-refractivity contribution in [2.45, 2.75) is 4.90 Å². The Morgan fingerprint density at radius 3 is 2.58 bits per heavy atom. The number of nitrogens with one attached hydrogen (secondary N) is 2. The Morgan fingerprint density at radius 1 is 1.32 bits per heavy atom. The minimum atomic E-state index is -3.53. The lowest BCUT2D eigenvalue weighted by Gasteiger charge is -2.09. The first kappa shape index (κ1) is 13.4. The molecule has 1 heterocycles. The van der Waals surface area contributed by atoms with Gasteiger partial charge < -0.3 is 11.1 Å². The van der Waals surface area contributed by atoms with Gasteiger partial charge in [-0.2, -0.15) is 5.10 Å². The number of hydrogen-bond donors (Lipinski definition) is 3. The smallest absolute Gasteiger partial charge is 0.242 e. The molecule has 0 saturated heterocycles. The Kier molecular flexibility index (Phi) is 3.45. The molecule has 19 heavy (non-hydrogen) atoms. The van der Waals surface area contributed by atoms with E-state index in [1.54, 1.807) is 29.2 Å². The number of rotatable bonds is 4. The molecule has 0 saturated carbocycles. The van der Waals surface area contributed by atoms with E-state index in [2.05, 4.69) is 15.1 Å². The second-order valence-electron chi connectivity index (χ2n) is 3.99. The predicted molar refractivity (Wildman–Crippen MR) is 73.6 cm³/mol. The first-order chi connectivity index (χ1) is 8.92. The van der Waals surface area contributed by atoms with Crippen molar-refractivity contribution in [1.82, 2.24) is 14.5 Å². The molecule has 1 aromatic carbocycles. The lowest BCUT2D eigenvalue weighted by Crippen LogP contribution is -2.19. The quantitative estimate of drug-likeness (QED) is 0.714. The summed E-state index contributed by atoms with van der Waals surface area (Å²) in [6, 6.07) is 4.67. The van der Waals surface area contributed by atoms with Crippen molar-refractivity contribution in [1.29, 1.82) is 0 Å². The molecule has 0 atom stereocenters. The second-order valence-corrected chi connectivity index (χ2v) is 5.84. The number of aromatic nitrogens is 2. The van der Waals surface area contributed by atoms with Crippen molar-refractivity contribution in [2.24, 2.45) is 7.05 Å². The zero-order valence-electron chi connectivity index (χ0n) is 10.6. The molecule has 0 bridgehead atoms. The third-order valence-corrected chi connectivity index (χ3v) is 4.05. The molecule has 0 radical (unpaired) electrons. The van der Waals surface area contributed by atoms with E-state index < -0.39 is 10.0 Å². The predicted octanol–water partition coefficient (Wildman–Crippen LogP) is 0.654. The molecule has 0 aliphatic carbocycles. The SMILES string of the molecule is CNS(=O)(=O)c1ccc(Nc2cnn(C)c2)cc1N. The van der Waals surface area contributed by atoms with Gasteiger partial charge in [-0.3, -0.25) is 4.68 Å². The van der Waals surface area contributed by atoms with Gasteiger partial charge in [0, 0.05) is 18.9 Å². The first-order valence-electron chi connectivity index (χ1n) is 5.51. The maximum atomic E-state index is 11.7. The zero-order valence-corrected chi connectivity index (χ0v) is 11.4. The van der Waals surface area contributed by atoms with E-state index in [9.17, 15) is 8.42 Å². The Bertz CT molecular complexity index is 693. The molecule has 2 rings (SSSR count). The van der Waals surface area contributed by atoms with Crippen LogP contribution in [0.4, 0.5) is 17.1 Å². The van der Waals surface area contributed by atoms with E-state index in [1.165, 1.54) is 13.1 Å². The van der Waals surface area contributed by atoms with Crippen molar-refractivity contribution < 1.29 is 8.42 Å². The summed E-state index contributed by atoms with van der Waals surface area (Å²) in [6.07, 6.45) is 3.46. The second kappa shape index (κ2) is 4.90. The van der Waals surface area contributed by atoms with Gasteiger partial charge in [0.15, 0.2) is 0 Å². The highest BCUT2D eigenvalue weighted by molar-refractivity contribution is 7.89. The molecule has 0 aliphatic rings. The van der Waals surface area contributed by atoms with Gasteiger partial charge >= 0.3 is 0 Å². The van der Waals surface area contributed by atoms with Crippen molar-refractivity contribution in [3.05, 3.63) is 30.6 Å². The fourth-order valence-corrected chi connectivity index (χ4v) is 2.47. The Labute approximate surface area is 111 Å². The standard InChI is InChI=1S/C11H15N5O2S/c1-13-19(17,18)11-4-3-8(5-10(11)12)15-9-6-14-16(2)7-9/h3-7,13,15H,12H2,1-2H3. The van der Waals surface area contributed by atoms with Crippen LogP contribution in [0.5, 0.6) is 0 Å². The van der Waals surface area contributed by atoms with Crippen LogP contribution in [-0.4, -0.2) is 25.2 Å². The topological polar surface area (TPSA) is 102 Å². The lowest BCUT2D eigenvalue weighted by atomic mass is 10.3. The van der Waals surface area contributed by atoms with Gasteiger partial charge in [0.2, 0.25) is 10.0 Å². The van der Waals surface area contributed by atoms with Crippen LogP contribution in [0.25, 0.3) is 0 Å². The molecular weight excluding hydrogens is 266 g/mol. The van der Waals surface area contributed by atoms with E-state index in [4.69, 9.17) is 5.73 Å². The average Bonchev–Trinajstić information content (AvgIpc) is 2.74. The van der Waals surface area contributed by atoms with E-state index in [1.807, 2.05) is 7.05 Å². The van der Waals surface area contributed by atoms with Gasteiger partial charge in [-0.15, -0.1) is 0 Å². The first-order valence-corrected chi connectivity index (χ1v) is 6.99. The zero-order chi connectivity index (χ0) is 14.0. The number of benzene rings is 1. The highest BCUT2D eigenvalue weighted by Gasteiger charge is 2.15. The van der Waals surface area contributed by atoms with Crippen LogP contribution in [0, 0.1) is 0 Å². The fraction of sp³-hybridized carbons (Fsp3) is 0.182. The van der Waals surface area contributed by atoms with E-state index in [0.717, 1.165) is 5.69 Å². The summed E-state index contributed by atoms with van der Waals surface area (Å²) in [5, 5.41) is 7.11. The number of nitrogens with two attached hydrogens (primary N) is 1. The summed E-state index contributed by atoms with van der Waals surface area (Å²) in [5.74, 6) is 0. The fourth-order valence-electron chi connectivity index (χ4n) is 1.63. The Balaban J connectivity index is 2.29. The number of sulfonamides is 1. The molecule has 1 aromatic heterocycles. The van der Waals surface area contributed by atoms with Crippen LogP contribution < -0.4 is 15.8 Å². The van der Waals surface area contributed by atoms with Crippen LogP contribution in [0.3, 0.4) is 0 Å². The Hall–Kier alpha value is -2.06. The minimum absolute atomic E-state index is 0.0618. The van der Waals surface area contributed by atoms with Gasteiger partial charge in [-0.25, -0.2) is 13.1 Å². The largest absolute Gasteiger partial charge is 0.398 e. The number of nitrogens with zero attached hydrogens (tertiary/aromatic N) is 2. The van der Waals surface area contributed by atoms with Gasteiger partial charge in [0.25, 0.3) is 0 Å². The highest BCUT2D eigenvalue weighted by atomic mass is 32.2. The molecular formula is C11H15N5O2S. The Morgan fingerprint density at radius 2 is 2.05 bits per heavy atom. The minimum Gasteiger partial charge on any atom is -0.398 e. The van der Waals surface area contributed by atoms with Crippen molar-refractivity contribution >= 4 is 27.1 Å². The average molecular weight is 281 g/mol. The third kappa shape index (κ3) is 2.85. The number of aryl methyl sites for hydroxylation is 1. The van der Waals surface area contributed by atoms with E-state index in [-0.39, 0.29) is 10.6 Å². The summed E-state index contributed by atoms with van der Waals surface area (Å²) < 4.78 is 27.2. The third-order valence-electron chi connectivity index (χ3n) is 2.56. The van der Waals surface area contributed by atoms with Crippen LogP contribution in [0.1, 0.15) is 0 Å². The molecule has 102 valence electrons. The van der Waals surface area contributed by atoms with Gasteiger partial charge in [0.05, 0.1) is 17.6 Å². The monoisotopic (exact) mass is 281 g/mol. The molecule has 0 unspecified atom stereocenters. The maximum Gasteiger partial charge on any atom is 0.242 e. The van der Waals surface area contributed by atoms with Crippen molar-refractivity contribution in [3.63, 3.8) is 0 Å². The van der Waals surface area contributed by atoms with E-state index in [0.29, 0.717) is 5.69 Å². The van der Waals surface area contributed by atoms with Crippen molar-refractivity contribution in [3.8, 4) is 0 Å². The van der Waals surface area contributed by atoms with Crippen LogP contribution in [0.15, 0.2) is 35.5 Å². The number of anilines is 3. The highest BCUT2D eigenvalue weighted by Crippen LogP contribution is 2.24. The summed E-state index contributed by atoms with van der Waals surface area (Å²) in [5.41, 5.74) is 7.44. The van der Waals surface area contributed by atoms with Gasteiger partial charge in [-0.1, -0.05) is 0 Å². The van der Waals surface area contributed by atoms with Crippen LogP contribution >= 0.6 is 0 Å². The van der Waals surface area contributed by atoms with Gasteiger partial charge in [0.1, 0.15) is 4.90 Å². The van der Waals surface area contributed by atoms with E-state index >= 15 is 0 Å². The molecule has 2 aromatic rings. The van der Waals surface area contributed by atoms with Crippen LogP contribution in [-0.2, 0) is 17.1 Å². The van der Waals surface area contributed by atoms with Gasteiger partial charge in [-0.05, 0) is 25.2 Å². The molecule has 0 spiro atoms. The lowest BCUT2D eigenvalue weighted by molar-refractivity contribution is 0.588. The number of hydrogen-bond acceptors (Lipinski definition) is 5. The summed E-state index contributed by atoms with van der Waals surface area (Å²) in [7, 11) is -0.382. The van der Waals surface area contributed by atoms with Crippen molar-refractivity contribution in [2.75, 3.05) is 18.1 Å². The normalized spacial score (nSPS) is 11.5. The molecule has 0 amide bonds. The number of nitrogen functional groups attached to an aromatic ring is 1. The molecule has 7 nitrogen and oxygen atoms in total. The molecule has 0 fully saturated rings. The summed E-state index contributed by atoms with van der Waals surface area (Å²) in [6.45, 7) is 0. The molecule has 0 aliphatic heterocycles. The van der Waals surface area contributed by atoms with Crippen LogP contribution in [0.2, 0.25) is 0 Å². The summed E-state index contributed by atoms with van der Waals surface area (Å²) >= 11 is 0. The molecule has 8 heteroatoms.